The summed E-state index contributed by atoms with van der Waals surface area (Å²) in [4.78, 5) is 1.72. The zero-order chi connectivity index (χ0) is 11.7. The molecule has 15 heavy (non-hydrogen) atoms. The normalized spacial score (nSPS) is 12.4. The number of alkyl halides is 3. The summed E-state index contributed by atoms with van der Waals surface area (Å²) in [5.74, 6) is 0. The Hall–Kier alpha value is -0.290. The number of nitrogens with one attached hydrogen (secondary N) is 1. The van der Waals surface area contributed by atoms with Crippen molar-refractivity contribution >= 4 is 0 Å². The Labute approximate surface area is 89.8 Å². The van der Waals surface area contributed by atoms with Gasteiger partial charge in [0.1, 0.15) is 0 Å². The standard InChI is InChI=1S/C10H21F3N2/c1-3-6-14-7-4-8-15(2)9-5-10(11,12)13/h14H,3-9H2,1-2H3. The SMILES string of the molecule is CCCNCCCN(C)CCC(F)(F)F. The minimum absolute atomic E-state index is 0.0945. The van der Waals surface area contributed by atoms with Crippen LogP contribution in [0.4, 0.5) is 13.2 Å². The number of rotatable bonds is 8. The van der Waals surface area contributed by atoms with E-state index < -0.39 is 12.6 Å². The highest BCUT2D eigenvalue weighted by Gasteiger charge is 2.26. The summed E-state index contributed by atoms with van der Waals surface area (Å²) in [6, 6.07) is 0. The van der Waals surface area contributed by atoms with Gasteiger partial charge in [-0.3, -0.25) is 0 Å². The van der Waals surface area contributed by atoms with Gasteiger partial charge >= 0.3 is 6.18 Å². The van der Waals surface area contributed by atoms with Crippen LogP contribution in [0.5, 0.6) is 0 Å². The zero-order valence-corrected chi connectivity index (χ0v) is 9.53. The first-order chi connectivity index (χ1) is 6.95. The monoisotopic (exact) mass is 226 g/mol. The molecule has 0 bridgehead atoms. The maximum atomic E-state index is 11.9. The number of hydrogen-bond acceptors (Lipinski definition) is 2. The Morgan fingerprint density at radius 1 is 1.13 bits per heavy atom. The summed E-state index contributed by atoms with van der Waals surface area (Å²) in [6.45, 7) is 4.75. The van der Waals surface area contributed by atoms with E-state index in [1.807, 2.05) is 0 Å². The van der Waals surface area contributed by atoms with Crippen LogP contribution in [0.15, 0.2) is 0 Å². The van der Waals surface area contributed by atoms with Crippen molar-refractivity contribution in [3.8, 4) is 0 Å². The quantitative estimate of drug-likeness (QED) is 0.639. The first-order valence-electron chi connectivity index (χ1n) is 5.41. The molecule has 0 fully saturated rings. The molecule has 0 spiro atoms. The molecule has 0 aromatic heterocycles. The molecule has 0 aliphatic heterocycles. The molecular formula is C10H21F3N2. The number of halogens is 3. The van der Waals surface area contributed by atoms with Crippen molar-refractivity contribution < 1.29 is 13.2 Å². The predicted molar refractivity (Wildman–Crippen MR) is 55.9 cm³/mol. The average molecular weight is 226 g/mol. The first kappa shape index (κ1) is 14.7. The largest absolute Gasteiger partial charge is 0.390 e. The van der Waals surface area contributed by atoms with E-state index in [2.05, 4.69) is 12.2 Å². The highest BCUT2D eigenvalue weighted by molar-refractivity contribution is 4.58. The molecule has 0 aromatic carbocycles. The lowest BCUT2D eigenvalue weighted by molar-refractivity contribution is -0.137. The summed E-state index contributed by atoms with van der Waals surface area (Å²) in [6.07, 6.45) is -2.77. The fourth-order valence-corrected chi connectivity index (χ4v) is 1.21. The number of hydrogen-bond donors (Lipinski definition) is 1. The van der Waals surface area contributed by atoms with Crippen molar-refractivity contribution in [2.45, 2.75) is 32.4 Å². The minimum Gasteiger partial charge on any atom is -0.317 e. The van der Waals surface area contributed by atoms with Gasteiger partial charge in [-0.15, -0.1) is 0 Å². The Balaban J connectivity index is 3.30. The van der Waals surface area contributed by atoms with E-state index in [-0.39, 0.29) is 6.54 Å². The van der Waals surface area contributed by atoms with Crippen LogP contribution in [0.1, 0.15) is 26.2 Å². The van der Waals surface area contributed by atoms with E-state index >= 15 is 0 Å². The average Bonchev–Trinajstić information content (AvgIpc) is 2.13. The molecule has 2 nitrogen and oxygen atoms in total. The second-order valence-corrected chi connectivity index (χ2v) is 3.77. The van der Waals surface area contributed by atoms with Gasteiger partial charge in [-0.25, -0.2) is 0 Å². The van der Waals surface area contributed by atoms with E-state index in [1.165, 1.54) is 0 Å². The summed E-state index contributed by atoms with van der Waals surface area (Å²) in [5, 5.41) is 3.21. The van der Waals surface area contributed by atoms with Crippen LogP contribution in [0, 0.1) is 0 Å². The highest BCUT2D eigenvalue weighted by atomic mass is 19.4. The molecule has 0 heterocycles. The van der Waals surface area contributed by atoms with Gasteiger partial charge in [-0.05, 0) is 39.5 Å². The number of nitrogens with zero attached hydrogens (tertiary/aromatic N) is 1. The van der Waals surface area contributed by atoms with Gasteiger partial charge in [-0.1, -0.05) is 6.92 Å². The molecule has 0 atom stereocenters. The van der Waals surface area contributed by atoms with E-state index in [9.17, 15) is 13.2 Å². The summed E-state index contributed by atoms with van der Waals surface area (Å²) < 4.78 is 35.6. The van der Waals surface area contributed by atoms with Gasteiger partial charge in [0.25, 0.3) is 0 Å². The van der Waals surface area contributed by atoms with Gasteiger partial charge in [0.2, 0.25) is 0 Å². The molecular weight excluding hydrogens is 205 g/mol. The lowest BCUT2D eigenvalue weighted by Gasteiger charge is -2.17. The molecule has 0 unspecified atom stereocenters. The van der Waals surface area contributed by atoms with Crippen molar-refractivity contribution in [3.63, 3.8) is 0 Å². The van der Waals surface area contributed by atoms with Crippen LogP contribution in [-0.2, 0) is 0 Å². The van der Waals surface area contributed by atoms with E-state index in [0.29, 0.717) is 6.54 Å². The lowest BCUT2D eigenvalue weighted by atomic mass is 10.3. The molecule has 0 rings (SSSR count). The summed E-state index contributed by atoms with van der Waals surface area (Å²) in [5.41, 5.74) is 0. The molecule has 5 heteroatoms. The van der Waals surface area contributed by atoms with Crippen LogP contribution in [0.25, 0.3) is 0 Å². The highest BCUT2D eigenvalue weighted by Crippen LogP contribution is 2.19. The van der Waals surface area contributed by atoms with E-state index in [1.54, 1.807) is 11.9 Å². The summed E-state index contributed by atoms with van der Waals surface area (Å²) >= 11 is 0. The van der Waals surface area contributed by atoms with Gasteiger partial charge in [0.15, 0.2) is 0 Å². The second-order valence-electron chi connectivity index (χ2n) is 3.77. The maximum Gasteiger partial charge on any atom is 0.390 e. The van der Waals surface area contributed by atoms with Crippen molar-refractivity contribution in [1.29, 1.82) is 0 Å². The summed E-state index contributed by atoms with van der Waals surface area (Å²) in [7, 11) is 1.73. The van der Waals surface area contributed by atoms with Gasteiger partial charge in [0.05, 0.1) is 6.42 Å². The smallest absolute Gasteiger partial charge is 0.317 e. The Morgan fingerprint density at radius 3 is 2.33 bits per heavy atom. The molecule has 0 aliphatic carbocycles. The zero-order valence-electron chi connectivity index (χ0n) is 9.53. The minimum atomic E-state index is -4.03. The molecule has 0 saturated carbocycles. The first-order valence-corrected chi connectivity index (χ1v) is 5.41. The van der Waals surface area contributed by atoms with E-state index in [0.717, 1.165) is 25.9 Å². The van der Waals surface area contributed by atoms with Gasteiger partial charge in [-0.2, -0.15) is 13.2 Å². The molecule has 1 N–H and O–H groups in total. The predicted octanol–water partition coefficient (Wildman–Crippen LogP) is 2.26. The van der Waals surface area contributed by atoms with Crippen LogP contribution in [0.2, 0.25) is 0 Å². The third-order valence-electron chi connectivity index (χ3n) is 2.10. The molecule has 0 aromatic rings. The van der Waals surface area contributed by atoms with Crippen molar-refractivity contribution in [1.82, 2.24) is 10.2 Å². The maximum absolute atomic E-state index is 11.9. The van der Waals surface area contributed by atoms with Crippen LogP contribution in [-0.4, -0.2) is 44.3 Å². The molecule has 0 radical (unpaired) electrons. The van der Waals surface area contributed by atoms with Crippen LogP contribution < -0.4 is 5.32 Å². The van der Waals surface area contributed by atoms with Crippen LogP contribution >= 0.6 is 0 Å². The van der Waals surface area contributed by atoms with Gasteiger partial charge in [0, 0.05) is 6.54 Å². The van der Waals surface area contributed by atoms with Crippen molar-refractivity contribution in [2.75, 3.05) is 33.2 Å². The van der Waals surface area contributed by atoms with Crippen molar-refractivity contribution in [3.05, 3.63) is 0 Å². The lowest BCUT2D eigenvalue weighted by Crippen LogP contribution is -2.27. The van der Waals surface area contributed by atoms with Gasteiger partial charge < -0.3 is 10.2 Å². The topological polar surface area (TPSA) is 15.3 Å². The fraction of sp³-hybridized carbons (Fsp3) is 1.00. The fourth-order valence-electron chi connectivity index (χ4n) is 1.21. The third kappa shape index (κ3) is 11.6. The van der Waals surface area contributed by atoms with Crippen molar-refractivity contribution in [2.24, 2.45) is 0 Å². The Kier molecular flexibility index (Phi) is 7.78. The third-order valence-corrected chi connectivity index (χ3v) is 2.10. The molecule has 0 saturated heterocycles. The van der Waals surface area contributed by atoms with Crippen LogP contribution in [0.3, 0.4) is 0 Å². The molecule has 92 valence electrons. The Morgan fingerprint density at radius 2 is 1.80 bits per heavy atom. The second kappa shape index (κ2) is 7.93. The van der Waals surface area contributed by atoms with E-state index in [4.69, 9.17) is 0 Å². The molecule has 0 amide bonds. The Bertz CT molecular complexity index is 148. The molecule has 0 aliphatic rings.